The van der Waals surface area contributed by atoms with Crippen LogP contribution in [-0.4, -0.2) is 25.8 Å². The lowest BCUT2D eigenvalue weighted by Gasteiger charge is -2.50. The minimum absolute atomic E-state index is 0.0526. The monoisotopic (exact) mass is 526 g/mol. The van der Waals surface area contributed by atoms with Crippen molar-refractivity contribution in [2.75, 3.05) is 14.2 Å². The molecule has 0 aromatic heterocycles. The molecule has 2 unspecified atom stereocenters. The molecule has 0 saturated heterocycles. The predicted octanol–water partition coefficient (Wildman–Crippen LogP) is 8.76. The lowest BCUT2D eigenvalue weighted by atomic mass is 9.50. The first kappa shape index (κ1) is 30.7. The van der Waals surface area contributed by atoms with Gasteiger partial charge in [0, 0.05) is 0 Å². The van der Waals surface area contributed by atoms with Gasteiger partial charge in [-0.25, -0.2) is 0 Å². The number of allylic oxidation sites excluding steroid dienone is 6. The van der Waals surface area contributed by atoms with Crippen LogP contribution in [0.1, 0.15) is 119 Å². The van der Waals surface area contributed by atoms with Gasteiger partial charge in [0.1, 0.15) is 0 Å². The Morgan fingerprint density at radius 3 is 2.05 bits per heavy atom. The van der Waals surface area contributed by atoms with E-state index in [1.165, 1.54) is 76.7 Å². The Balaban J connectivity index is 1.54. The normalized spacial score (nSPS) is 28.6. The zero-order chi connectivity index (χ0) is 28.1. The number of Topliss-reactive ketones (excluding diaryl/α,β-unsaturated/α-hetero) is 2. The smallest absolute Gasteiger partial charge is 0.209 e. The Morgan fingerprint density at radius 1 is 0.921 bits per heavy atom. The molecule has 0 heterocycles. The van der Waals surface area contributed by atoms with Crippen LogP contribution in [0.2, 0.25) is 0 Å². The number of ketones is 2. The summed E-state index contributed by atoms with van der Waals surface area (Å²) in [5.41, 5.74) is 1.10. The second-order valence-corrected chi connectivity index (χ2v) is 13.4. The van der Waals surface area contributed by atoms with Gasteiger partial charge in [-0.15, -0.1) is 0 Å². The molecule has 0 bridgehead atoms. The van der Waals surface area contributed by atoms with Crippen LogP contribution >= 0.6 is 0 Å². The van der Waals surface area contributed by atoms with Gasteiger partial charge in [0.05, 0.1) is 25.0 Å². The molecule has 0 aromatic carbocycles. The molecular weight excluding hydrogens is 472 g/mol. The van der Waals surface area contributed by atoms with E-state index in [0.29, 0.717) is 12.8 Å². The van der Waals surface area contributed by atoms with E-state index >= 15 is 0 Å². The quantitative estimate of drug-likeness (QED) is 0.189. The first-order valence-corrected chi connectivity index (χ1v) is 15.3. The number of hydrogen-bond donors (Lipinski definition) is 0. The van der Waals surface area contributed by atoms with Crippen LogP contribution in [-0.2, 0) is 19.1 Å². The molecular formula is C34H54O4. The molecule has 5 atom stereocenters. The Kier molecular flexibility index (Phi) is 10.5. The Morgan fingerprint density at radius 2 is 1.47 bits per heavy atom. The molecule has 1 fully saturated rings. The highest BCUT2D eigenvalue weighted by Crippen LogP contribution is 2.68. The van der Waals surface area contributed by atoms with Crippen LogP contribution in [0, 0.1) is 34.5 Å². The van der Waals surface area contributed by atoms with Crippen LogP contribution < -0.4 is 0 Å². The maximum Gasteiger partial charge on any atom is 0.209 e. The number of carbonyl (C=O) groups excluding carboxylic acids is 2. The molecule has 38 heavy (non-hydrogen) atoms. The highest BCUT2D eigenvalue weighted by molar-refractivity contribution is 6.16. The van der Waals surface area contributed by atoms with Gasteiger partial charge in [-0.05, 0) is 62.7 Å². The van der Waals surface area contributed by atoms with Crippen LogP contribution in [0.3, 0.4) is 0 Å². The van der Waals surface area contributed by atoms with Gasteiger partial charge in [0.2, 0.25) is 23.1 Å². The van der Waals surface area contributed by atoms with Crippen molar-refractivity contribution < 1.29 is 19.1 Å². The van der Waals surface area contributed by atoms with E-state index in [1.54, 1.807) is 0 Å². The fourth-order valence-corrected chi connectivity index (χ4v) is 7.13. The minimum atomic E-state index is -0.792. The van der Waals surface area contributed by atoms with Crippen molar-refractivity contribution in [1.29, 1.82) is 0 Å². The third kappa shape index (κ3) is 6.31. The lowest BCUT2D eigenvalue weighted by Crippen LogP contribution is -2.57. The van der Waals surface area contributed by atoms with E-state index in [9.17, 15) is 9.59 Å². The minimum Gasteiger partial charge on any atom is -0.490 e. The first-order valence-electron chi connectivity index (χ1n) is 15.3. The molecule has 1 saturated carbocycles. The fourth-order valence-electron chi connectivity index (χ4n) is 7.13. The van der Waals surface area contributed by atoms with Gasteiger partial charge in [-0.2, -0.15) is 0 Å². The van der Waals surface area contributed by atoms with Crippen molar-refractivity contribution in [3.63, 3.8) is 0 Å². The molecule has 4 nitrogen and oxygen atoms in total. The first-order chi connectivity index (χ1) is 18.0. The van der Waals surface area contributed by atoms with Crippen LogP contribution in [0.25, 0.3) is 0 Å². The zero-order valence-electron chi connectivity index (χ0n) is 25.6. The number of methoxy groups -OCH3 is 2. The summed E-state index contributed by atoms with van der Waals surface area (Å²) < 4.78 is 10.9. The lowest BCUT2D eigenvalue weighted by molar-refractivity contribution is -0.154. The molecule has 4 heteroatoms. The van der Waals surface area contributed by atoms with E-state index in [1.807, 2.05) is 6.92 Å². The summed E-state index contributed by atoms with van der Waals surface area (Å²) in [6, 6.07) is 0. The van der Waals surface area contributed by atoms with Crippen molar-refractivity contribution in [2.45, 2.75) is 119 Å². The van der Waals surface area contributed by atoms with Crippen molar-refractivity contribution in [3.05, 3.63) is 34.8 Å². The Labute approximate surface area is 232 Å². The topological polar surface area (TPSA) is 52.6 Å². The number of rotatable bonds is 16. The van der Waals surface area contributed by atoms with E-state index in [4.69, 9.17) is 9.47 Å². The molecule has 214 valence electrons. The molecule has 3 aliphatic rings. The highest BCUT2D eigenvalue weighted by Gasteiger charge is 2.70. The van der Waals surface area contributed by atoms with Crippen molar-refractivity contribution in [2.24, 2.45) is 34.5 Å². The number of fused-ring (bicyclic) bond motifs is 3. The number of hydrogen-bond acceptors (Lipinski definition) is 4. The average Bonchev–Trinajstić information content (AvgIpc) is 3.66. The molecule has 0 aromatic rings. The van der Waals surface area contributed by atoms with Gasteiger partial charge in [-0.1, -0.05) is 103 Å². The third-order valence-electron chi connectivity index (χ3n) is 9.93. The third-order valence-corrected chi connectivity index (χ3v) is 9.93. The van der Waals surface area contributed by atoms with E-state index in [0.717, 1.165) is 30.6 Å². The van der Waals surface area contributed by atoms with E-state index in [2.05, 4.69) is 46.8 Å². The Hall–Kier alpha value is -1.84. The zero-order valence-corrected chi connectivity index (χ0v) is 25.6. The maximum absolute atomic E-state index is 14.0. The van der Waals surface area contributed by atoms with E-state index < -0.39 is 10.8 Å². The predicted molar refractivity (Wildman–Crippen MR) is 155 cm³/mol. The summed E-state index contributed by atoms with van der Waals surface area (Å²) in [6.07, 6.45) is 18.1. The summed E-state index contributed by atoms with van der Waals surface area (Å²) in [7, 11) is 2.93. The SMILES string of the molecule is COC1=C(OC)C(=O)[C@@]2(CC=C(C)CCCC(C)CCCC(C)CCCC(C)C)[C@H]3CC3=CC[C@@]2(C)C1=O. The summed E-state index contributed by atoms with van der Waals surface area (Å²) >= 11 is 0. The summed E-state index contributed by atoms with van der Waals surface area (Å²) in [6.45, 7) is 13.6. The summed E-state index contributed by atoms with van der Waals surface area (Å²) in [5.74, 6) is 2.62. The second-order valence-electron chi connectivity index (χ2n) is 13.4. The highest BCUT2D eigenvalue weighted by atomic mass is 16.5. The van der Waals surface area contributed by atoms with Gasteiger partial charge in [0.15, 0.2) is 0 Å². The van der Waals surface area contributed by atoms with Gasteiger partial charge in [0.25, 0.3) is 0 Å². The fraction of sp³-hybridized carbons (Fsp3) is 0.765. The second kappa shape index (κ2) is 13.0. The maximum atomic E-state index is 14.0. The van der Waals surface area contributed by atoms with Crippen LogP contribution in [0.5, 0.6) is 0 Å². The van der Waals surface area contributed by atoms with Gasteiger partial charge < -0.3 is 9.47 Å². The standard InChI is InChI=1S/C34H54O4/c1-23(2)12-9-13-24(3)14-10-15-25(4)16-11-17-26(5)18-21-34-28-22-27(28)19-20-33(34,6)31(35)29(37-7)30(38-8)32(34)36/h18-19,23-25,28H,9-17,20-22H2,1-8H3/t24?,25?,28-,33-,34+/m0/s1. The van der Waals surface area contributed by atoms with Crippen LogP contribution in [0.15, 0.2) is 34.8 Å². The van der Waals surface area contributed by atoms with Crippen molar-refractivity contribution >= 4 is 11.6 Å². The molecule has 0 amide bonds. The number of ether oxygens (including phenoxy) is 2. The molecule has 0 N–H and O–H groups in total. The van der Waals surface area contributed by atoms with E-state index in [-0.39, 0.29) is 29.0 Å². The number of carbonyl (C=O) groups is 2. The van der Waals surface area contributed by atoms with Gasteiger partial charge in [-0.3, -0.25) is 9.59 Å². The summed E-state index contributed by atoms with van der Waals surface area (Å²) in [4.78, 5) is 27.6. The molecule has 0 radical (unpaired) electrons. The van der Waals surface area contributed by atoms with Crippen molar-refractivity contribution in [1.82, 2.24) is 0 Å². The Bertz CT molecular complexity index is 954. The molecule has 0 aliphatic heterocycles. The molecule has 0 spiro atoms. The van der Waals surface area contributed by atoms with Gasteiger partial charge >= 0.3 is 0 Å². The molecule has 3 rings (SSSR count). The average molecular weight is 527 g/mol. The summed E-state index contributed by atoms with van der Waals surface area (Å²) in [5, 5.41) is 0. The largest absolute Gasteiger partial charge is 0.490 e. The van der Waals surface area contributed by atoms with Crippen LogP contribution in [0.4, 0.5) is 0 Å². The van der Waals surface area contributed by atoms with Crippen molar-refractivity contribution in [3.8, 4) is 0 Å². The molecule has 3 aliphatic carbocycles.